The van der Waals surface area contributed by atoms with E-state index in [1.54, 1.807) is 0 Å². The first kappa shape index (κ1) is 11.0. The number of aromatic amines is 1. The molecule has 2 rings (SSSR count). The molecule has 0 amide bonds. The van der Waals surface area contributed by atoms with Crippen LogP contribution in [0, 0.1) is 11.3 Å². The normalized spacial score (nSPS) is 10.9. The number of aromatic nitrogens is 2. The molecular formula is C10H6BrF2N3. The Hall–Kier alpha value is -1.48. The summed E-state index contributed by atoms with van der Waals surface area (Å²) in [4.78, 5) is 6.91. The number of nitriles is 1. The fourth-order valence-corrected chi connectivity index (χ4v) is 1.92. The van der Waals surface area contributed by atoms with Gasteiger partial charge in [0.1, 0.15) is 0 Å². The summed E-state index contributed by atoms with van der Waals surface area (Å²) in [6.07, 6.45) is -2.49. The highest BCUT2D eigenvalue weighted by Crippen LogP contribution is 2.27. The van der Waals surface area contributed by atoms with E-state index in [1.807, 2.05) is 6.07 Å². The van der Waals surface area contributed by atoms with E-state index in [4.69, 9.17) is 5.26 Å². The number of halogens is 3. The Balaban J connectivity index is 2.68. The van der Waals surface area contributed by atoms with E-state index in [1.165, 1.54) is 12.1 Å². The number of rotatable bonds is 2. The summed E-state index contributed by atoms with van der Waals surface area (Å²) in [5.74, 6) is 0. The smallest absolute Gasteiger partial charge is 0.263 e. The molecule has 0 saturated carbocycles. The third-order valence-electron chi connectivity index (χ3n) is 2.18. The summed E-state index contributed by atoms with van der Waals surface area (Å²) in [5, 5.41) is 8.63. The highest BCUT2D eigenvalue weighted by Gasteiger charge is 2.13. The standard InChI is InChI=1S/C10H6BrF2N3/c11-10-15-7-4-6(9(12)13)3-5(1-2-14)8(7)16-10/h3-4,9H,1H2,(H,15,16). The van der Waals surface area contributed by atoms with Crippen molar-refractivity contribution in [1.82, 2.24) is 9.97 Å². The zero-order valence-corrected chi connectivity index (χ0v) is 9.55. The average molecular weight is 286 g/mol. The number of fused-ring (bicyclic) bond motifs is 1. The Labute approximate surface area is 98.2 Å². The van der Waals surface area contributed by atoms with Gasteiger partial charge >= 0.3 is 0 Å². The summed E-state index contributed by atoms with van der Waals surface area (Å²) in [6, 6.07) is 4.61. The molecule has 0 atom stereocenters. The number of nitrogens with one attached hydrogen (secondary N) is 1. The van der Waals surface area contributed by atoms with Gasteiger partial charge in [0.05, 0.1) is 23.5 Å². The van der Waals surface area contributed by atoms with E-state index in [0.717, 1.165) is 0 Å². The van der Waals surface area contributed by atoms with Gasteiger partial charge in [-0.15, -0.1) is 0 Å². The second-order valence-corrected chi connectivity index (χ2v) is 3.99. The van der Waals surface area contributed by atoms with Gasteiger partial charge in [0, 0.05) is 5.56 Å². The number of alkyl halides is 2. The Bertz CT molecular complexity index is 571. The number of imidazole rings is 1. The summed E-state index contributed by atoms with van der Waals surface area (Å²) in [7, 11) is 0. The van der Waals surface area contributed by atoms with Gasteiger partial charge in [-0.1, -0.05) is 0 Å². The Morgan fingerprint density at radius 3 is 2.88 bits per heavy atom. The number of nitrogens with zero attached hydrogens (tertiary/aromatic N) is 2. The van der Waals surface area contributed by atoms with Crippen LogP contribution >= 0.6 is 15.9 Å². The van der Waals surface area contributed by atoms with Crippen LogP contribution in [-0.2, 0) is 6.42 Å². The van der Waals surface area contributed by atoms with Gasteiger partial charge in [0.2, 0.25) is 0 Å². The molecule has 6 heteroatoms. The lowest BCUT2D eigenvalue weighted by atomic mass is 10.1. The SMILES string of the molecule is N#CCc1cc(C(F)F)cc2[nH]c(Br)nc12. The van der Waals surface area contributed by atoms with Crippen LogP contribution in [0.1, 0.15) is 17.6 Å². The van der Waals surface area contributed by atoms with Gasteiger partial charge < -0.3 is 4.98 Å². The van der Waals surface area contributed by atoms with Crippen molar-refractivity contribution in [3.63, 3.8) is 0 Å². The molecule has 3 nitrogen and oxygen atoms in total. The average Bonchev–Trinajstić information content (AvgIpc) is 2.58. The molecule has 0 fully saturated rings. The van der Waals surface area contributed by atoms with Crippen molar-refractivity contribution >= 4 is 27.0 Å². The van der Waals surface area contributed by atoms with E-state index >= 15 is 0 Å². The van der Waals surface area contributed by atoms with E-state index in [0.29, 0.717) is 21.3 Å². The maximum absolute atomic E-state index is 12.6. The molecule has 2 aromatic rings. The molecule has 0 saturated heterocycles. The third kappa shape index (κ3) is 1.91. The van der Waals surface area contributed by atoms with Crippen LogP contribution in [0.2, 0.25) is 0 Å². The monoisotopic (exact) mass is 285 g/mol. The molecule has 0 unspecified atom stereocenters. The molecule has 0 spiro atoms. The van der Waals surface area contributed by atoms with Crippen LogP contribution in [0.5, 0.6) is 0 Å². The van der Waals surface area contributed by atoms with Crippen LogP contribution in [0.15, 0.2) is 16.9 Å². The Morgan fingerprint density at radius 2 is 2.25 bits per heavy atom. The molecule has 82 valence electrons. The van der Waals surface area contributed by atoms with Crippen LogP contribution < -0.4 is 0 Å². The highest BCUT2D eigenvalue weighted by molar-refractivity contribution is 9.10. The molecule has 0 aliphatic rings. The van der Waals surface area contributed by atoms with Crippen LogP contribution in [0.4, 0.5) is 8.78 Å². The van der Waals surface area contributed by atoms with Crippen molar-refractivity contribution in [2.24, 2.45) is 0 Å². The van der Waals surface area contributed by atoms with Gasteiger partial charge in [-0.05, 0) is 33.6 Å². The van der Waals surface area contributed by atoms with Crippen LogP contribution in [0.25, 0.3) is 11.0 Å². The first-order valence-corrected chi connectivity index (χ1v) is 5.24. The number of hydrogen-bond donors (Lipinski definition) is 1. The van der Waals surface area contributed by atoms with E-state index in [-0.39, 0.29) is 12.0 Å². The largest absolute Gasteiger partial charge is 0.332 e. The van der Waals surface area contributed by atoms with Crippen molar-refractivity contribution in [1.29, 1.82) is 5.26 Å². The van der Waals surface area contributed by atoms with Crippen molar-refractivity contribution in [3.05, 3.63) is 28.0 Å². The van der Waals surface area contributed by atoms with Gasteiger partial charge in [0.15, 0.2) is 4.73 Å². The van der Waals surface area contributed by atoms with Crippen molar-refractivity contribution in [2.45, 2.75) is 12.8 Å². The van der Waals surface area contributed by atoms with E-state index in [2.05, 4.69) is 25.9 Å². The first-order chi connectivity index (χ1) is 7.61. The molecule has 1 aromatic heterocycles. The van der Waals surface area contributed by atoms with Crippen LogP contribution in [0.3, 0.4) is 0 Å². The molecule has 0 aliphatic carbocycles. The minimum Gasteiger partial charge on any atom is -0.332 e. The number of hydrogen-bond acceptors (Lipinski definition) is 2. The van der Waals surface area contributed by atoms with Gasteiger partial charge in [-0.25, -0.2) is 13.8 Å². The van der Waals surface area contributed by atoms with Crippen molar-refractivity contribution in [2.75, 3.05) is 0 Å². The molecule has 0 bridgehead atoms. The molecular weight excluding hydrogens is 280 g/mol. The van der Waals surface area contributed by atoms with Crippen molar-refractivity contribution < 1.29 is 8.78 Å². The fraction of sp³-hybridized carbons (Fsp3) is 0.200. The minimum atomic E-state index is -2.55. The minimum absolute atomic E-state index is 0.0638. The molecule has 16 heavy (non-hydrogen) atoms. The van der Waals surface area contributed by atoms with E-state index < -0.39 is 6.43 Å². The molecule has 0 aliphatic heterocycles. The number of benzene rings is 1. The summed E-state index contributed by atoms with van der Waals surface area (Å²) in [6.45, 7) is 0. The maximum Gasteiger partial charge on any atom is 0.263 e. The van der Waals surface area contributed by atoms with Crippen molar-refractivity contribution in [3.8, 4) is 6.07 Å². The summed E-state index contributed by atoms with van der Waals surface area (Å²) in [5.41, 5.74) is 1.47. The lowest BCUT2D eigenvalue weighted by molar-refractivity contribution is 0.151. The van der Waals surface area contributed by atoms with Crippen LogP contribution in [-0.4, -0.2) is 9.97 Å². The summed E-state index contributed by atoms with van der Waals surface area (Å²) >= 11 is 3.13. The predicted molar refractivity (Wildman–Crippen MR) is 58.1 cm³/mol. The first-order valence-electron chi connectivity index (χ1n) is 4.45. The second kappa shape index (κ2) is 4.18. The van der Waals surface area contributed by atoms with E-state index in [9.17, 15) is 8.78 Å². The lowest BCUT2D eigenvalue weighted by Gasteiger charge is -2.02. The topological polar surface area (TPSA) is 52.5 Å². The van der Waals surface area contributed by atoms with Gasteiger partial charge in [-0.3, -0.25) is 0 Å². The lowest BCUT2D eigenvalue weighted by Crippen LogP contribution is -1.90. The van der Waals surface area contributed by atoms with Gasteiger partial charge in [0.25, 0.3) is 6.43 Å². The molecule has 1 aromatic carbocycles. The highest BCUT2D eigenvalue weighted by atomic mass is 79.9. The predicted octanol–water partition coefficient (Wildman–Crippen LogP) is 3.33. The number of H-pyrrole nitrogens is 1. The molecule has 1 N–H and O–H groups in total. The maximum atomic E-state index is 12.6. The quantitative estimate of drug-likeness (QED) is 0.920. The molecule has 1 heterocycles. The molecule has 0 radical (unpaired) electrons. The zero-order valence-electron chi connectivity index (χ0n) is 7.97. The third-order valence-corrected chi connectivity index (χ3v) is 2.56. The Kier molecular flexibility index (Phi) is 2.88. The summed E-state index contributed by atoms with van der Waals surface area (Å²) < 4.78 is 25.7. The second-order valence-electron chi connectivity index (χ2n) is 3.24. The zero-order chi connectivity index (χ0) is 11.7. The fourth-order valence-electron chi connectivity index (χ4n) is 1.53. The Morgan fingerprint density at radius 1 is 1.50 bits per heavy atom. The van der Waals surface area contributed by atoms with Gasteiger partial charge in [-0.2, -0.15) is 5.26 Å².